The number of nitrogen functional groups attached to an aromatic ring is 1. The monoisotopic (exact) mass is 256 g/mol. The number of pyridine rings is 1. The van der Waals surface area contributed by atoms with Crippen molar-refractivity contribution in [1.29, 1.82) is 0 Å². The van der Waals surface area contributed by atoms with Crippen LogP contribution in [0.3, 0.4) is 0 Å². The van der Waals surface area contributed by atoms with Crippen LogP contribution in [0.1, 0.15) is 43.4 Å². The van der Waals surface area contributed by atoms with Gasteiger partial charge in [-0.1, -0.05) is 20.8 Å². The average Bonchev–Trinajstić information content (AvgIpc) is 2.34. The molecule has 0 aliphatic heterocycles. The van der Waals surface area contributed by atoms with Crippen molar-refractivity contribution >= 4 is 5.82 Å². The largest absolute Gasteiger partial charge is 0.383 e. The van der Waals surface area contributed by atoms with Crippen LogP contribution < -0.4 is 5.73 Å². The fraction of sp³-hybridized carbons (Fsp3) is 0.400. The highest BCUT2D eigenvalue weighted by molar-refractivity contribution is 5.43. The lowest BCUT2D eigenvalue weighted by atomic mass is 9.95. The van der Waals surface area contributed by atoms with E-state index in [1.165, 1.54) is 5.56 Å². The van der Waals surface area contributed by atoms with Crippen molar-refractivity contribution < 1.29 is 0 Å². The molecule has 0 aromatic carbocycles. The molecule has 0 spiro atoms. The van der Waals surface area contributed by atoms with E-state index in [2.05, 4.69) is 35.7 Å². The molecule has 2 rings (SSSR count). The Morgan fingerprint density at radius 1 is 1.11 bits per heavy atom. The van der Waals surface area contributed by atoms with Crippen LogP contribution in [-0.2, 0) is 11.8 Å². The molecule has 0 saturated carbocycles. The first-order valence-corrected chi connectivity index (χ1v) is 6.40. The molecule has 0 aliphatic rings. The van der Waals surface area contributed by atoms with Crippen LogP contribution in [0.4, 0.5) is 5.82 Å². The van der Waals surface area contributed by atoms with E-state index < -0.39 is 0 Å². The molecule has 0 unspecified atom stereocenters. The van der Waals surface area contributed by atoms with Crippen molar-refractivity contribution in [2.24, 2.45) is 0 Å². The number of rotatable bonds is 2. The van der Waals surface area contributed by atoms with E-state index in [1.807, 2.05) is 19.1 Å². The predicted molar refractivity (Wildman–Crippen MR) is 76.9 cm³/mol. The highest BCUT2D eigenvalue weighted by Crippen LogP contribution is 2.23. The quantitative estimate of drug-likeness (QED) is 0.897. The smallest absolute Gasteiger partial charge is 0.136 e. The van der Waals surface area contributed by atoms with Gasteiger partial charge in [-0.05, 0) is 24.6 Å². The van der Waals surface area contributed by atoms with Crippen LogP contribution in [0.5, 0.6) is 0 Å². The summed E-state index contributed by atoms with van der Waals surface area (Å²) in [6.45, 7) is 8.24. The molecular weight excluding hydrogens is 236 g/mol. The summed E-state index contributed by atoms with van der Waals surface area (Å²) in [5, 5.41) is 0. The van der Waals surface area contributed by atoms with Gasteiger partial charge >= 0.3 is 0 Å². The molecule has 0 saturated heterocycles. The Labute approximate surface area is 114 Å². The molecule has 19 heavy (non-hydrogen) atoms. The van der Waals surface area contributed by atoms with Crippen LogP contribution in [-0.4, -0.2) is 15.0 Å². The second kappa shape index (κ2) is 4.96. The molecular formula is C15H20N4. The van der Waals surface area contributed by atoms with Gasteiger partial charge in [-0.2, -0.15) is 0 Å². The molecule has 4 heteroatoms. The van der Waals surface area contributed by atoms with Gasteiger partial charge in [0.15, 0.2) is 0 Å². The van der Waals surface area contributed by atoms with Crippen LogP contribution >= 0.6 is 0 Å². The van der Waals surface area contributed by atoms with Crippen molar-refractivity contribution in [3.63, 3.8) is 0 Å². The van der Waals surface area contributed by atoms with Gasteiger partial charge in [0.25, 0.3) is 0 Å². The zero-order chi connectivity index (χ0) is 14.0. The lowest BCUT2D eigenvalue weighted by Crippen LogP contribution is -2.19. The highest BCUT2D eigenvalue weighted by atomic mass is 15.0. The Morgan fingerprint density at radius 2 is 1.74 bits per heavy atom. The van der Waals surface area contributed by atoms with E-state index in [0.29, 0.717) is 5.82 Å². The minimum atomic E-state index is -0.102. The van der Waals surface area contributed by atoms with E-state index in [1.54, 1.807) is 12.4 Å². The fourth-order valence-corrected chi connectivity index (χ4v) is 1.78. The van der Waals surface area contributed by atoms with Gasteiger partial charge in [0.2, 0.25) is 0 Å². The molecule has 0 aliphatic carbocycles. The van der Waals surface area contributed by atoms with Crippen molar-refractivity contribution in [3.8, 4) is 0 Å². The van der Waals surface area contributed by atoms with Gasteiger partial charge < -0.3 is 5.73 Å². The van der Waals surface area contributed by atoms with Crippen molar-refractivity contribution in [2.45, 2.75) is 39.5 Å². The normalized spacial score (nSPS) is 11.6. The summed E-state index contributed by atoms with van der Waals surface area (Å²) in [6.07, 6.45) is 4.34. The molecule has 2 aromatic heterocycles. The Balaban J connectivity index is 2.42. The minimum absolute atomic E-state index is 0.102. The third-order valence-corrected chi connectivity index (χ3v) is 3.08. The van der Waals surface area contributed by atoms with Gasteiger partial charge in [0, 0.05) is 29.8 Å². The summed E-state index contributed by atoms with van der Waals surface area (Å²) in [5.74, 6) is 1.36. The van der Waals surface area contributed by atoms with E-state index in [-0.39, 0.29) is 5.41 Å². The van der Waals surface area contributed by atoms with Crippen molar-refractivity contribution in [2.75, 3.05) is 5.73 Å². The molecule has 0 atom stereocenters. The zero-order valence-electron chi connectivity index (χ0n) is 11.9. The molecule has 2 N–H and O–H groups in total. The maximum Gasteiger partial charge on any atom is 0.136 e. The molecule has 0 radical (unpaired) electrons. The lowest BCUT2D eigenvalue weighted by Gasteiger charge is -2.19. The predicted octanol–water partition coefficient (Wildman–Crippen LogP) is 2.65. The number of nitrogens with zero attached hydrogens (tertiary/aromatic N) is 3. The van der Waals surface area contributed by atoms with Crippen LogP contribution in [0.2, 0.25) is 0 Å². The Bertz CT molecular complexity index is 571. The van der Waals surface area contributed by atoms with Gasteiger partial charge in [-0.3, -0.25) is 4.98 Å². The first-order valence-electron chi connectivity index (χ1n) is 6.40. The van der Waals surface area contributed by atoms with Crippen molar-refractivity contribution in [3.05, 3.63) is 47.2 Å². The van der Waals surface area contributed by atoms with Crippen LogP contribution in [0, 0.1) is 6.92 Å². The van der Waals surface area contributed by atoms with E-state index in [4.69, 9.17) is 5.73 Å². The third-order valence-electron chi connectivity index (χ3n) is 3.08. The number of hydrogen-bond donors (Lipinski definition) is 1. The molecule has 0 fully saturated rings. The molecule has 2 aromatic rings. The fourth-order valence-electron chi connectivity index (χ4n) is 1.78. The molecule has 0 amide bonds. The zero-order valence-corrected chi connectivity index (χ0v) is 11.9. The summed E-state index contributed by atoms with van der Waals surface area (Å²) in [6, 6.07) is 3.99. The SMILES string of the molecule is Cc1c(N)nc(C(C)(C)C)nc1Cc1ccncc1. The summed E-state index contributed by atoms with van der Waals surface area (Å²) in [7, 11) is 0. The van der Waals surface area contributed by atoms with Crippen LogP contribution in [0.15, 0.2) is 24.5 Å². The van der Waals surface area contributed by atoms with Gasteiger partial charge in [0.1, 0.15) is 11.6 Å². The Kier molecular flexibility index (Phi) is 3.51. The second-order valence-electron chi connectivity index (χ2n) is 5.79. The molecule has 4 nitrogen and oxygen atoms in total. The first kappa shape index (κ1) is 13.5. The number of hydrogen-bond acceptors (Lipinski definition) is 4. The van der Waals surface area contributed by atoms with E-state index in [0.717, 1.165) is 23.5 Å². The van der Waals surface area contributed by atoms with E-state index >= 15 is 0 Å². The lowest BCUT2D eigenvalue weighted by molar-refractivity contribution is 0.542. The maximum atomic E-state index is 6.01. The third kappa shape index (κ3) is 3.08. The Hall–Kier alpha value is -1.97. The maximum absolute atomic E-state index is 6.01. The van der Waals surface area contributed by atoms with Crippen LogP contribution in [0.25, 0.3) is 0 Å². The van der Waals surface area contributed by atoms with Gasteiger partial charge in [-0.15, -0.1) is 0 Å². The first-order chi connectivity index (χ1) is 8.88. The second-order valence-corrected chi connectivity index (χ2v) is 5.79. The standard InChI is InChI=1S/C15H20N4/c1-10-12(9-11-5-7-17-8-6-11)18-14(15(2,3)4)19-13(10)16/h5-8H,9H2,1-4H3,(H2,16,18,19). The summed E-state index contributed by atoms with van der Waals surface area (Å²) in [4.78, 5) is 13.1. The van der Waals surface area contributed by atoms with Crippen molar-refractivity contribution in [1.82, 2.24) is 15.0 Å². The highest BCUT2D eigenvalue weighted by Gasteiger charge is 2.20. The molecule has 0 bridgehead atoms. The summed E-state index contributed by atoms with van der Waals surface area (Å²) >= 11 is 0. The Morgan fingerprint density at radius 3 is 2.32 bits per heavy atom. The minimum Gasteiger partial charge on any atom is -0.383 e. The molecule has 2 heterocycles. The summed E-state index contributed by atoms with van der Waals surface area (Å²) < 4.78 is 0. The van der Waals surface area contributed by atoms with Gasteiger partial charge in [-0.25, -0.2) is 9.97 Å². The number of aromatic nitrogens is 3. The van der Waals surface area contributed by atoms with Gasteiger partial charge in [0.05, 0.1) is 5.69 Å². The molecule has 100 valence electrons. The average molecular weight is 256 g/mol. The number of nitrogens with two attached hydrogens (primary N) is 1. The van der Waals surface area contributed by atoms with E-state index in [9.17, 15) is 0 Å². The summed E-state index contributed by atoms with van der Waals surface area (Å²) in [5.41, 5.74) is 9.04. The number of anilines is 1. The topological polar surface area (TPSA) is 64.7 Å².